The van der Waals surface area contributed by atoms with Gasteiger partial charge >= 0.3 is 0 Å². The second-order valence-electron chi connectivity index (χ2n) is 5.85. The SMILES string of the molecule is CCNC(CCC1CCCCC1)c1ccc(CC)o1. The fraction of sp³-hybridized carbons (Fsp3) is 0.765. The summed E-state index contributed by atoms with van der Waals surface area (Å²) in [6.07, 6.45) is 10.8. The lowest BCUT2D eigenvalue weighted by molar-refractivity contribution is 0.300. The normalized spacial score (nSPS) is 18.6. The first kappa shape index (κ1) is 14.6. The van der Waals surface area contributed by atoms with E-state index in [1.54, 1.807) is 0 Å². The van der Waals surface area contributed by atoms with Gasteiger partial charge in [-0.25, -0.2) is 0 Å². The highest BCUT2D eigenvalue weighted by Crippen LogP contribution is 2.30. The molecule has 0 aliphatic heterocycles. The van der Waals surface area contributed by atoms with Crippen LogP contribution >= 0.6 is 0 Å². The third-order valence-corrected chi connectivity index (χ3v) is 4.41. The molecule has 1 aromatic heterocycles. The summed E-state index contributed by atoms with van der Waals surface area (Å²) in [6, 6.07) is 4.69. The monoisotopic (exact) mass is 263 g/mol. The molecule has 0 amide bonds. The van der Waals surface area contributed by atoms with Gasteiger partial charge in [0.15, 0.2) is 0 Å². The lowest BCUT2D eigenvalue weighted by Gasteiger charge is -2.24. The summed E-state index contributed by atoms with van der Waals surface area (Å²) in [6.45, 7) is 5.33. The second kappa shape index (κ2) is 7.74. The molecule has 0 saturated heterocycles. The van der Waals surface area contributed by atoms with E-state index < -0.39 is 0 Å². The summed E-state index contributed by atoms with van der Waals surface area (Å²) < 4.78 is 5.92. The maximum Gasteiger partial charge on any atom is 0.121 e. The van der Waals surface area contributed by atoms with Crippen molar-refractivity contribution in [2.24, 2.45) is 5.92 Å². The Morgan fingerprint density at radius 3 is 2.63 bits per heavy atom. The molecule has 1 atom stereocenters. The Morgan fingerprint density at radius 2 is 2.00 bits per heavy atom. The number of hydrogen-bond donors (Lipinski definition) is 1. The van der Waals surface area contributed by atoms with E-state index in [-0.39, 0.29) is 0 Å². The van der Waals surface area contributed by atoms with Crippen molar-refractivity contribution in [3.63, 3.8) is 0 Å². The van der Waals surface area contributed by atoms with E-state index >= 15 is 0 Å². The fourth-order valence-corrected chi connectivity index (χ4v) is 3.24. The highest BCUT2D eigenvalue weighted by molar-refractivity contribution is 5.10. The summed E-state index contributed by atoms with van der Waals surface area (Å²) in [4.78, 5) is 0. The third-order valence-electron chi connectivity index (χ3n) is 4.41. The molecular formula is C17H29NO. The molecule has 1 heterocycles. The lowest BCUT2D eigenvalue weighted by Crippen LogP contribution is -2.21. The van der Waals surface area contributed by atoms with Gasteiger partial charge in [-0.15, -0.1) is 0 Å². The van der Waals surface area contributed by atoms with Gasteiger partial charge in [0.1, 0.15) is 11.5 Å². The molecule has 0 bridgehead atoms. The van der Waals surface area contributed by atoms with Gasteiger partial charge in [0.05, 0.1) is 6.04 Å². The molecule has 1 fully saturated rings. The lowest BCUT2D eigenvalue weighted by atomic mass is 9.85. The standard InChI is InChI=1S/C17H29NO/c1-3-15-11-13-17(19-15)16(18-4-2)12-10-14-8-6-5-7-9-14/h11,13-14,16,18H,3-10,12H2,1-2H3. The third kappa shape index (κ3) is 4.38. The van der Waals surface area contributed by atoms with Crippen molar-refractivity contribution in [1.82, 2.24) is 5.32 Å². The first-order valence-electron chi connectivity index (χ1n) is 8.15. The molecule has 0 spiro atoms. The van der Waals surface area contributed by atoms with Gasteiger partial charge in [-0.05, 0) is 37.4 Å². The van der Waals surface area contributed by atoms with Crippen molar-refractivity contribution < 1.29 is 4.42 Å². The Morgan fingerprint density at radius 1 is 1.21 bits per heavy atom. The quantitative estimate of drug-likeness (QED) is 0.760. The average molecular weight is 263 g/mol. The Bertz CT molecular complexity index is 352. The van der Waals surface area contributed by atoms with Crippen LogP contribution in [0.25, 0.3) is 0 Å². The minimum absolute atomic E-state index is 0.409. The van der Waals surface area contributed by atoms with E-state index in [0.717, 1.165) is 30.4 Å². The largest absolute Gasteiger partial charge is 0.464 e. The molecule has 2 rings (SSSR count). The number of nitrogens with one attached hydrogen (secondary N) is 1. The van der Waals surface area contributed by atoms with E-state index in [1.165, 1.54) is 44.9 Å². The van der Waals surface area contributed by atoms with Crippen LogP contribution in [0.15, 0.2) is 16.5 Å². The van der Waals surface area contributed by atoms with Crippen LogP contribution in [0.4, 0.5) is 0 Å². The van der Waals surface area contributed by atoms with Crippen molar-refractivity contribution in [2.45, 2.75) is 71.3 Å². The predicted octanol–water partition coefficient (Wildman–Crippen LogP) is 4.85. The van der Waals surface area contributed by atoms with Crippen LogP contribution in [0.1, 0.15) is 76.4 Å². The molecule has 2 nitrogen and oxygen atoms in total. The number of furan rings is 1. The summed E-state index contributed by atoms with van der Waals surface area (Å²) in [5, 5.41) is 3.58. The van der Waals surface area contributed by atoms with Crippen molar-refractivity contribution in [3.05, 3.63) is 23.7 Å². The zero-order valence-corrected chi connectivity index (χ0v) is 12.6. The van der Waals surface area contributed by atoms with Gasteiger partial charge < -0.3 is 9.73 Å². The zero-order valence-electron chi connectivity index (χ0n) is 12.6. The Hall–Kier alpha value is -0.760. The molecule has 2 heteroatoms. The minimum atomic E-state index is 0.409. The van der Waals surface area contributed by atoms with E-state index in [4.69, 9.17) is 4.42 Å². The highest BCUT2D eigenvalue weighted by Gasteiger charge is 2.18. The molecule has 0 radical (unpaired) electrons. The minimum Gasteiger partial charge on any atom is -0.464 e. The fourth-order valence-electron chi connectivity index (χ4n) is 3.24. The van der Waals surface area contributed by atoms with E-state index in [9.17, 15) is 0 Å². The zero-order chi connectivity index (χ0) is 13.5. The van der Waals surface area contributed by atoms with Crippen molar-refractivity contribution in [3.8, 4) is 0 Å². The first-order chi connectivity index (χ1) is 9.33. The number of rotatable bonds is 7. The van der Waals surface area contributed by atoms with Crippen molar-refractivity contribution in [2.75, 3.05) is 6.54 Å². The molecule has 1 unspecified atom stereocenters. The van der Waals surface area contributed by atoms with Gasteiger partial charge in [0.2, 0.25) is 0 Å². The summed E-state index contributed by atoms with van der Waals surface area (Å²) in [7, 11) is 0. The van der Waals surface area contributed by atoms with Gasteiger partial charge in [-0.2, -0.15) is 0 Å². The summed E-state index contributed by atoms with van der Waals surface area (Å²) in [5.74, 6) is 3.19. The smallest absolute Gasteiger partial charge is 0.121 e. The maximum atomic E-state index is 5.92. The van der Waals surface area contributed by atoms with Crippen LogP contribution in [-0.4, -0.2) is 6.54 Å². The topological polar surface area (TPSA) is 25.2 Å². The van der Waals surface area contributed by atoms with Crippen molar-refractivity contribution in [1.29, 1.82) is 0 Å². The first-order valence-corrected chi connectivity index (χ1v) is 8.15. The van der Waals surface area contributed by atoms with E-state index in [2.05, 4.69) is 31.3 Å². The molecule has 1 saturated carbocycles. The molecule has 1 N–H and O–H groups in total. The number of aryl methyl sites for hydroxylation is 1. The van der Waals surface area contributed by atoms with Gasteiger partial charge in [0, 0.05) is 6.42 Å². The van der Waals surface area contributed by atoms with Gasteiger partial charge in [0.25, 0.3) is 0 Å². The molecule has 19 heavy (non-hydrogen) atoms. The maximum absolute atomic E-state index is 5.92. The highest BCUT2D eigenvalue weighted by atomic mass is 16.3. The number of hydrogen-bond acceptors (Lipinski definition) is 2. The Balaban J connectivity index is 1.87. The predicted molar refractivity (Wildman–Crippen MR) is 80.3 cm³/mol. The second-order valence-corrected chi connectivity index (χ2v) is 5.85. The van der Waals surface area contributed by atoms with E-state index in [0.29, 0.717) is 6.04 Å². The van der Waals surface area contributed by atoms with Crippen LogP contribution in [0, 0.1) is 5.92 Å². The van der Waals surface area contributed by atoms with E-state index in [1.807, 2.05) is 0 Å². The Labute approximate surface area is 118 Å². The van der Waals surface area contributed by atoms with Crippen LogP contribution in [-0.2, 0) is 6.42 Å². The van der Waals surface area contributed by atoms with Crippen LogP contribution in [0.2, 0.25) is 0 Å². The van der Waals surface area contributed by atoms with Crippen LogP contribution in [0.5, 0.6) is 0 Å². The average Bonchev–Trinajstić information content (AvgIpc) is 2.93. The molecular weight excluding hydrogens is 234 g/mol. The summed E-state index contributed by atoms with van der Waals surface area (Å²) in [5.41, 5.74) is 0. The Kier molecular flexibility index (Phi) is 5.96. The molecule has 1 aromatic rings. The molecule has 1 aliphatic carbocycles. The van der Waals surface area contributed by atoms with Gasteiger partial charge in [-0.3, -0.25) is 0 Å². The molecule has 108 valence electrons. The summed E-state index contributed by atoms with van der Waals surface area (Å²) >= 11 is 0. The van der Waals surface area contributed by atoms with Crippen molar-refractivity contribution >= 4 is 0 Å². The molecule has 1 aliphatic rings. The van der Waals surface area contributed by atoms with Gasteiger partial charge in [-0.1, -0.05) is 46.0 Å². The van der Waals surface area contributed by atoms with Crippen LogP contribution in [0.3, 0.4) is 0 Å². The molecule has 0 aromatic carbocycles. The van der Waals surface area contributed by atoms with Crippen LogP contribution < -0.4 is 5.32 Å².